The fourth-order valence-electron chi connectivity index (χ4n) is 3.87. The van der Waals surface area contributed by atoms with Gasteiger partial charge in [-0.1, -0.05) is 56.6 Å². The van der Waals surface area contributed by atoms with Crippen molar-refractivity contribution >= 4 is 19.9 Å². The zero-order valence-electron chi connectivity index (χ0n) is 21.5. The van der Waals surface area contributed by atoms with Crippen LogP contribution in [-0.4, -0.2) is 61.3 Å². The largest absolute Gasteiger partial charge is 0.494 e. The van der Waals surface area contributed by atoms with Crippen LogP contribution in [0.5, 0.6) is 5.75 Å². The lowest BCUT2D eigenvalue weighted by Crippen LogP contribution is -2.56. The first-order valence-corrected chi connectivity index (χ1v) is 15.5. The van der Waals surface area contributed by atoms with Crippen LogP contribution in [0.15, 0.2) is 42.5 Å². The van der Waals surface area contributed by atoms with Crippen molar-refractivity contribution in [3.63, 3.8) is 0 Å². The van der Waals surface area contributed by atoms with E-state index >= 15 is 0 Å². The maximum Gasteiger partial charge on any atom is 0.192 e. The molecule has 0 unspecified atom stereocenters. The molecule has 0 saturated carbocycles. The summed E-state index contributed by atoms with van der Waals surface area (Å²) in [6.45, 7) is 13.4. The van der Waals surface area contributed by atoms with Gasteiger partial charge < -0.3 is 29.2 Å². The molecule has 6 nitrogen and oxygen atoms in total. The Labute approximate surface area is 214 Å². The fourth-order valence-corrected chi connectivity index (χ4v) is 5.07. The summed E-state index contributed by atoms with van der Waals surface area (Å²) in [5, 5.41) is 32.6. The van der Waals surface area contributed by atoms with E-state index in [-0.39, 0.29) is 11.6 Å². The van der Waals surface area contributed by atoms with E-state index in [1.165, 1.54) is 0 Å². The van der Waals surface area contributed by atoms with Gasteiger partial charge in [0.15, 0.2) is 8.32 Å². The second-order valence-corrected chi connectivity index (χ2v) is 16.0. The lowest BCUT2D eigenvalue weighted by molar-refractivity contribution is -0.230. The van der Waals surface area contributed by atoms with E-state index in [0.29, 0.717) is 23.6 Å². The molecule has 1 fully saturated rings. The van der Waals surface area contributed by atoms with Gasteiger partial charge in [-0.2, -0.15) is 0 Å². The van der Waals surface area contributed by atoms with Crippen LogP contribution in [0.2, 0.25) is 23.2 Å². The summed E-state index contributed by atoms with van der Waals surface area (Å²) in [6.07, 6.45) is -4.89. The minimum absolute atomic E-state index is 0.00387. The van der Waals surface area contributed by atoms with Gasteiger partial charge in [-0.3, -0.25) is 0 Å². The quantitative estimate of drug-likeness (QED) is 0.428. The molecule has 1 aliphatic heterocycles. The van der Waals surface area contributed by atoms with Gasteiger partial charge in [-0.05, 0) is 66.4 Å². The Morgan fingerprint density at radius 2 is 1.63 bits per heavy atom. The summed E-state index contributed by atoms with van der Waals surface area (Å²) in [7, 11) is -2.09. The molecule has 1 saturated heterocycles. The minimum Gasteiger partial charge on any atom is -0.494 e. The molecule has 3 N–H and O–H groups in total. The van der Waals surface area contributed by atoms with Gasteiger partial charge in [0.2, 0.25) is 0 Å². The predicted octanol–water partition coefficient (Wildman–Crippen LogP) is 4.87. The van der Waals surface area contributed by atoms with Crippen molar-refractivity contribution in [3.05, 3.63) is 64.2 Å². The lowest BCUT2D eigenvalue weighted by Gasteiger charge is -2.43. The first kappa shape index (κ1) is 28.1. The molecule has 0 radical (unpaired) electrons. The Bertz CT molecular complexity index is 975. The number of aliphatic hydroxyl groups excluding tert-OH is 3. The number of aliphatic hydroxyl groups is 3. The Morgan fingerprint density at radius 1 is 0.971 bits per heavy atom. The van der Waals surface area contributed by atoms with E-state index in [4.69, 9.17) is 25.5 Å². The van der Waals surface area contributed by atoms with Crippen LogP contribution in [0.3, 0.4) is 0 Å². The maximum atomic E-state index is 10.8. The third-order valence-corrected chi connectivity index (χ3v) is 12.0. The number of hydrogen-bond donors (Lipinski definition) is 3. The highest BCUT2D eigenvalue weighted by atomic mass is 35.5. The van der Waals surface area contributed by atoms with Crippen LogP contribution in [0, 0.1) is 0 Å². The van der Waals surface area contributed by atoms with Gasteiger partial charge in [0, 0.05) is 5.02 Å². The molecule has 0 amide bonds. The molecule has 5 atom stereocenters. The number of ether oxygens (including phenoxy) is 2. The van der Waals surface area contributed by atoms with Crippen LogP contribution in [0.4, 0.5) is 0 Å². The van der Waals surface area contributed by atoms with Crippen molar-refractivity contribution < 1.29 is 29.2 Å². The summed E-state index contributed by atoms with van der Waals surface area (Å²) in [6, 6.07) is 13.3. The smallest absolute Gasteiger partial charge is 0.192 e. The highest BCUT2D eigenvalue weighted by Crippen LogP contribution is 2.39. The average Bonchev–Trinajstić information content (AvgIpc) is 2.79. The van der Waals surface area contributed by atoms with Crippen molar-refractivity contribution in [1.82, 2.24) is 0 Å². The highest BCUT2D eigenvalue weighted by molar-refractivity contribution is 6.74. The van der Waals surface area contributed by atoms with Crippen LogP contribution < -0.4 is 4.74 Å². The normalized spacial score (nSPS) is 25.5. The maximum absolute atomic E-state index is 10.8. The zero-order chi connectivity index (χ0) is 26.0. The molecule has 2 aromatic carbocycles. The summed E-state index contributed by atoms with van der Waals surface area (Å²) in [4.78, 5) is 0. The Balaban J connectivity index is 1.79. The summed E-state index contributed by atoms with van der Waals surface area (Å²) in [5.41, 5.74) is 2.62. The van der Waals surface area contributed by atoms with Crippen molar-refractivity contribution in [3.8, 4) is 5.75 Å². The molecule has 8 heteroatoms. The molecule has 0 spiro atoms. The molecular weight excluding hydrogens is 484 g/mol. The first-order chi connectivity index (χ1) is 16.3. The van der Waals surface area contributed by atoms with Crippen LogP contribution >= 0.6 is 11.6 Å². The van der Waals surface area contributed by atoms with Gasteiger partial charge in [-0.15, -0.1) is 0 Å². The summed E-state index contributed by atoms with van der Waals surface area (Å²) < 4.78 is 17.9. The zero-order valence-corrected chi connectivity index (χ0v) is 23.2. The molecule has 194 valence electrons. The lowest BCUT2D eigenvalue weighted by atomic mass is 9.90. The second-order valence-electron chi connectivity index (χ2n) is 10.7. The molecular formula is C27H39ClO6Si. The van der Waals surface area contributed by atoms with Crippen molar-refractivity contribution in [1.29, 1.82) is 0 Å². The van der Waals surface area contributed by atoms with Crippen LogP contribution in [0.25, 0.3) is 0 Å². The van der Waals surface area contributed by atoms with E-state index in [9.17, 15) is 15.3 Å². The third kappa shape index (κ3) is 6.66. The molecule has 1 heterocycles. The third-order valence-electron chi connectivity index (χ3n) is 7.15. The van der Waals surface area contributed by atoms with Crippen molar-refractivity contribution in [2.24, 2.45) is 0 Å². The minimum atomic E-state index is -2.09. The van der Waals surface area contributed by atoms with E-state index in [1.807, 2.05) is 37.3 Å². The molecule has 1 aliphatic rings. The second kappa shape index (κ2) is 11.3. The molecule has 2 aromatic rings. The number of hydrogen-bond acceptors (Lipinski definition) is 6. The predicted molar refractivity (Wildman–Crippen MR) is 141 cm³/mol. The Hall–Kier alpha value is -1.45. The molecule has 0 aliphatic carbocycles. The topological polar surface area (TPSA) is 88.4 Å². The highest BCUT2D eigenvalue weighted by Gasteiger charge is 2.46. The molecule has 3 rings (SSSR count). The van der Waals surface area contributed by atoms with Crippen molar-refractivity contribution in [2.75, 3.05) is 13.2 Å². The Morgan fingerprint density at radius 3 is 2.23 bits per heavy atom. The average molecular weight is 523 g/mol. The monoisotopic (exact) mass is 522 g/mol. The summed E-state index contributed by atoms with van der Waals surface area (Å²) >= 11 is 6.49. The number of halogens is 1. The van der Waals surface area contributed by atoms with E-state index in [0.717, 1.165) is 16.9 Å². The van der Waals surface area contributed by atoms with E-state index < -0.39 is 38.8 Å². The van der Waals surface area contributed by atoms with Gasteiger partial charge in [0.1, 0.15) is 36.3 Å². The van der Waals surface area contributed by atoms with E-state index in [2.05, 4.69) is 33.9 Å². The van der Waals surface area contributed by atoms with Crippen LogP contribution in [0.1, 0.15) is 50.5 Å². The first-order valence-electron chi connectivity index (χ1n) is 12.2. The van der Waals surface area contributed by atoms with Gasteiger partial charge >= 0.3 is 0 Å². The Kier molecular flexibility index (Phi) is 9.08. The standard InChI is InChI=1S/C27H39ClO6Si/c1-7-32-20-11-8-17(9-12-20)14-19-15-18(10-13-21(19)28)26-25(31)24(30)23(29)22(34-26)16-33-35(5,6)27(2,3)4/h8-13,15,22-26,29-31H,7,14,16H2,1-6H3/t22-,23-,24+,25-,26+/m1/s1. The van der Waals surface area contributed by atoms with Crippen LogP contribution in [-0.2, 0) is 15.6 Å². The van der Waals surface area contributed by atoms with Gasteiger partial charge in [0.25, 0.3) is 0 Å². The molecule has 0 bridgehead atoms. The fraction of sp³-hybridized carbons (Fsp3) is 0.556. The molecule has 0 aromatic heterocycles. The number of benzene rings is 2. The van der Waals surface area contributed by atoms with E-state index in [1.54, 1.807) is 12.1 Å². The van der Waals surface area contributed by atoms with Gasteiger partial charge in [-0.25, -0.2) is 0 Å². The van der Waals surface area contributed by atoms with Gasteiger partial charge in [0.05, 0.1) is 13.2 Å². The summed E-state index contributed by atoms with van der Waals surface area (Å²) in [5.74, 6) is 0.813. The molecule has 35 heavy (non-hydrogen) atoms. The van der Waals surface area contributed by atoms with Crippen molar-refractivity contribution in [2.45, 2.75) is 82.8 Å². The number of rotatable bonds is 8. The SMILES string of the molecule is CCOc1ccc(Cc2cc([C@@H]3O[C@H](CO[Si](C)(C)C(C)(C)C)[C@@H](O)[C@H](O)[C@H]3O)ccc2Cl)cc1.